The minimum atomic E-state index is -0.169. The first kappa shape index (κ1) is 15.6. The number of benzene rings is 1. The van der Waals surface area contributed by atoms with E-state index in [1.165, 1.54) is 16.6 Å². The Labute approximate surface area is 130 Å². The van der Waals surface area contributed by atoms with Crippen LogP contribution in [0.3, 0.4) is 0 Å². The van der Waals surface area contributed by atoms with E-state index in [9.17, 15) is 4.79 Å². The van der Waals surface area contributed by atoms with Crippen molar-refractivity contribution in [1.29, 1.82) is 0 Å². The largest absolute Gasteiger partial charge is 0.353 e. The molecule has 1 aromatic heterocycles. The van der Waals surface area contributed by atoms with Crippen molar-refractivity contribution in [3.8, 4) is 0 Å². The first-order valence-corrected chi connectivity index (χ1v) is 6.98. The van der Waals surface area contributed by atoms with Crippen LogP contribution in [0.5, 0.6) is 0 Å². The fourth-order valence-corrected chi connectivity index (χ4v) is 2.69. The van der Waals surface area contributed by atoms with Crippen molar-refractivity contribution in [2.24, 2.45) is 0 Å². The lowest BCUT2D eigenvalue weighted by Crippen LogP contribution is -2.41. The van der Waals surface area contributed by atoms with E-state index in [1.54, 1.807) is 0 Å². The van der Waals surface area contributed by atoms with Gasteiger partial charge in [0.15, 0.2) is 0 Å². The van der Waals surface area contributed by atoms with Crippen molar-refractivity contribution in [1.82, 2.24) is 15.2 Å². The molecule has 0 aliphatic carbocycles. The second-order valence-electron chi connectivity index (χ2n) is 5.10. The van der Waals surface area contributed by atoms with Crippen LogP contribution in [0.4, 0.5) is 0 Å². The minimum Gasteiger partial charge on any atom is -0.353 e. The highest BCUT2D eigenvalue weighted by Gasteiger charge is 2.16. The molecule has 1 aromatic carbocycles. The Balaban J connectivity index is 0.00000161. The summed E-state index contributed by atoms with van der Waals surface area (Å²) in [5.74, 6) is 0.0489. The van der Waals surface area contributed by atoms with Gasteiger partial charge in [-0.2, -0.15) is 0 Å². The highest BCUT2D eigenvalue weighted by atomic mass is 35.5. The lowest BCUT2D eigenvalue weighted by atomic mass is 10.2. The van der Waals surface area contributed by atoms with Crippen molar-refractivity contribution >= 4 is 29.2 Å². The summed E-state index contributed by atoms with van der Waals surface area (Å²) in [6.07, 6.45) is 3.89. The van der Waals surface area contributed by atoms with Gasteiger partial charge >= 0.3 is 0 Å². The quantitative estimate of drug-likeness (QED) is 0.849. The van der Waals surface area contributed by atoms with Crippen LogP contribution in [0.15, 0.2) is 42.5 Å². The van der Waals surface area contributed by atoms with Crippen LogP contribution in [-0.2, 0) is 11.3 Å². The van der Waals surface area contributed by atoms with Crippen molar-refractivity contribution in [3.63, 3.8) is 0 Å². The molecule has 3 rings (SSSR count). The molecule has 0 bridgehead atoms. The Morgan fingerprint density at radius 2 is 2.24 bits per heavy atom. The zero-order valence-corrected chi connectivity index (χ0v) is 12.8. The number of fused-ring (bicyclic) bond motifs is 1. The van der Waals surface area contributed by atoms with Gasteiger partial charge < -0.3 is 9.88 Å². The van der Waals surface area contributed by atoms with Gasteiger partial charge in [-0.25, -0.2) is 0 Å². The van der Waals surface area contributed by atoms with Crippen molar-refractivity contribution in [2.45, 2.75) is 19.5 Å². The van der Waals surface area contributed by atoms with Crippen LogP contribution >= 0.6 is 12.4 Å². The van der Waals surface area contributed by atoms with Crippen LogP contribution in [0.25, 0.3) is 10.9 Å². The Hall–Kier alpha value is -1.78. The van der Waals surface area contributed by atoms with E-state index in [0.29, 0.717) is 6.54 Å². The van der Waals surface area contributed by atoms with Gasteiger partial charge in [0, 0.05) is 30.8 Å². The molecule has 0 spiro atoms. The molecule has 0 saturated heterocycles. The molecule has 4 nitrogen and oxygen atoms in total. The molecule has 1 aliphatic rings. The van der Waals surface area contributed by atoms with Gasteiger partial charge in [-0.05, 0) is 24.4 Å². The molecule has 1 aliphatic heterocycles. The Morgan fingerprint density at radius 1 is 1.43 bits per heavy atom. The number of nitrogens with one attached hydrogen (secondary N) is 2. The van der Waals surface area contributed by atoms with E-state index in [2.05, 4.69) is 40.3 Å². The van der Waals surface area contributed by atoms with Crippen LogP contribution < -0.4 is 10.6 Å². The van der Waals surface area contributed by atoms with Crippen molar-refractivity contribution in [3.05, 3.63) is 48.2 Å². The third kappa shape index (κ3) is 3.28. The fraction of sp³-hybridized carbons (Fsp3) is 0.312. The van der Waals surface area contributed by atoms with E-state index in [4.69, 9.17) is 0 Å². The number of halogens is 1. The summed E-state index contributed by atoms with van der Waals surface area (Å²) in [5, 5.41) is 7.34. The van der Waals surface area contributed by atoms with Crippen molar-refractivity contribution in [2.75, 3.05) is 13.1 Å². The maximum atomic E-state index is 11.9. The number of hydrogen-bond donors (Lipinski definition) is 2. The number of rotatable bonds is 4. The average molecular weight is 306 g/mol. The second-order valence-corrected chi connectivity index (χ2v) is 5.10. The van der Waals surface area contributed by atoms with Gasteiger partial charge in [0.1, 0.15) is 6.04 Å². The summed E-state index contributed by atoms with van der Waals surface area (Å²) in [5.41, 5.74) is 2.44. The zero-order chi connectivity index (χ0) is 13.9. The first-order valence-electron chi connectivity index (χ1n) is 6.98. The second kappa shape index (κ2) is 6.78. The summed E-state index contributed by atoms with van der Waals surface area (Å²) < 4.78 is 2.24. The van der Waals surface area contributed by atoms with Gasteiger partial charge in [0.2, 0.25) is 5.91 Å². The molecule has 2 heterocycles. The van der Waals surface area contributed by atoms with Crippen molar-refractivity contribution < 1.29 is 4.79 Å². The SMILES string of the molecule is Cc1cc2ccccc2n1CCNC(=O)C1C=CCN1.Cl. The molecule has 0 saturated carbocycles. The van der Waals surface area contributed by atoms with Gasteiger partial charge in [0.05, 0.1) is 0 Å². The van der Waals surface area contributed by atoms with E-state index in [1.807, 2.05) is 24.3 Å². The van der Waals surface area contributed by atoms with Gasteiger partial charge in [-0.15, -0.1) is 12.4 Å². The maximum Gasteiger partial charge on any atom is 0.241 e. The molecule has 112 valence electrons. The summed E-state index contributed by atoms with van der Waals surface area (Å²) in [6, 6.07) is 10.3. The van der Waals surface area contributed by atoms with E-state index >= 15 is 0 Å². The molecule has 5 heteroatoms. The Morgan fingerprint density at radius 3 is 3.00 bits per heavy atom. The molecular weight excluding hydrogens is 286 g/mol. The number of carbonyl (C=O) groups excluding carboxylic acids is 1. The smallest absolute Gasteiger partial charge is 0.241 e. The highest BCUT2D eigenvalue weighted by molar-refractivity contribution is 5.85. The van der Waals surface area contributed by atoms with Crippen LogP contribution in [0.2, 0.25) is 0 Å². The predicted molar refractivity (Wildman–Crippen MR) is 87.9 cm³/mol. The Bertz CT molecular complexity index is 663. The number of aryl methyl sites for hydroxylation is 1. The van der Waals surface area contributed by atoms with Gasteiger partial charge in [0.25, 0.3) is 0 Å². The third-order valence-electron chi connectivity index (χ3n) is 3.72. The fourth-order valence-electron chi connectivity index (χ4n) is 2.69. The molecule has 0 radical (unpaired) electrons. The number of para-hydroxylation sites is 1. The molecule has 1 unspecified atom stereocenters. The maximum absolute atomic E-state index is 11.9. The molecule has 1 amide bonds. The number of amides is 1. The summed E-state index contributed by atoms with van der Waals surface area (Å²) in [6.45, 7) is 4.31. The lowest BCUT2D eigenvalue weighted by Gasteiger charge is -2.12. The van der Waals surface area contributed by atoms with Gasteiger partial charge in [-0.3, -0.25) is 10.1 Å². The minimum absolute atomic E-state index is 0. The third-order valence-corrected chi connectivity index (χ3v) is 3.72. The van der Waals surface area contributed by atoms with Crippen LogP contribution in [0.1, 0.15) is 5.69 Å². The number of nitrogens with zero attached hydrogens (tertiary/aromatic N) is 1. The predicted octanol–water partition coefficient (Wildman–Crippen LogP) is 2.02. The topological polar surface area (TPSA) is 46.1 Å². The lowest BCUT2D eigenvalue weighted by molar-refractivity contribution is -0.121. The molecule has 2 N–H and O–H groups in total. The molecule has 2 aromatic rings. The summed E-state index contributed by atoms with van der Waals surface area (Å²) >= 11 is 0. The first-order chi connectivity index (χ1) is 9.75. The Kier molecular flexibility index (Phi) is 5.04. The number of hydrogen-bond acceptors (Lipinski definition) is 2. The monoisotopic (exact) mass is 305 g/mol. The zero-order valence-electron chi connectivity index (χ0n) is 12.0. The number of carbonyl (C=O) groups is 1. The molecular formula is C16H20ClN3O. The van der Waals surface area contributed by atoms with Gasteiger partial charge in [-0.1, -0.05) is 30.4 Å². The normalized spacial score (nSPS) is 16.9. The van der Waals surface area contributed by atoms with Crippen LogP contribution in [-0.4, -0.2) is 29.6 Å². The average Bonchev–Trinajstić information content (AvgIpc) is 3.07. The summed E-state index contributed by atoms with van der Waals surface area (Å²) in [7, 11) is 0. The molecule has 0 fully saturated rings. The van der Waals surface area contributed by atoms with E-state index < -0.39 is 0 Å². The van der Waals surface area contributed by atoms with E-state index in [0.717, 1.165) is 13.1 Å². The standard InChI is InChI=1S/C16H19N3O.ClH/c1-12-11-13-5-2-3-7-15(13)19(12)10-9-18-16(20)14-6-4-8-17-14;/h2-7,11,14,17H,8-10H2,1H3,(H,18,20);1H. The molecule has 21 heavy (non-hydrogen) atoms. The number of aromatic nitrogens is 1. The van der Waals surface area contributed by atoms with E-state index in [-0.39, 0.29) is 24.4 Å². The van der Waals surface area contributed by atoms with Crippen LogP contribution in [0, 0.1) is 6.92 Å². The summed E-state index contributed by atoms with van der Waals surface area (Å²) in [4.78, 5) is 11.9. The highest BCUT2D eigenvalue weighted by Crippen LogP contribution is 2.18. The molecule has 1 atom stereocenters.